The van der Waals surface area contributed by atoms with Crippen molar-refractivity contribution in [3.8, 4) is 5.75 Å². The number of ether oxygens (including phenoxy) is 1. The Morgan fingerprint density at radius 3 is 3.05 bits per heavy atom. The quantitative estimate of drug-likeness (QED) is 0.887. The van der Waals surface area contributed by atoms with Gasteiger partial charge in [-0.05, 0) is 54.7 Å². The second kappa shape index (κ2) is 6.33. The van der Waals surface area contributed by atoms with Crippen LogP contribution in [0.15, 0.2) is 41.0 Å². The van der Waals surface area contributed by atoms with E-state index >= 15 is 0 Å². The number of methoxy groups -OCH3 is 1. The molecule has 0 saturated heterocycles. The van der Waals surface area contributed by atoms with Crippen LogP contribution in [0.25, 0.3) is 0 Å². The zero-order valence-electron chi connectivity index (χ0n) is 12.2. The van der Waals surface area contributed by atoms with Crippen LogP contribution in [-0.2, 0) is 12.8 Å². The van der Waals surface area contributed by atoms with Crippen molar-refractivity contribution in [2.75, 3.05) is 13.7 Å². The average molecular weight is 287 g/mol. The van der Waals surface area contributed by atoms with Gasteiger partial charge in [0, 0.05) is 12.6 Å². The topological polar surface area (TPSA) is 54.6 Å². The van der Waals surface area contributed by atoms with Crippen molar-refractivity contribution in [2.45, 2.75) is 31.4 Å². The number of aryl methyl sites for hydroxylation is 1. The number of nitrogens with one attached hydrogen (secondary N) is 1. The smallest absolute Gasteiger partial charge is 0.133 e. The Bertz CT molecular complexity index is 580. The summed E-state index contributed by atoms with van der Waals surface area (Å²) in [6.07, 6.45) is 4.11. The van der Waals surface area contributed by atoms with E-state index in [-0.39, 0.29) is 0 Å². The summed E-state index contributed by atoms with van der Waals surface area (Å²) in [5.74, 6) is 1.52. The summed E-state index contributed by atoms with van der Waals surface area (Å²) in [4.78, 5) is 0. The van der Waals surface area contributed by atoms with Gasteiger partial charge in [0.2, 0.25) is 0 Å². The molecule has 1 aliphatic rings. The van der Waals surface area contributed by atoms with Gasteiger partial charge >= 0.3 is 0 Å². The lowest BCUT2D eigenvalue weighted by molar-refractivity contribution is 0.142. The molecule has 21 heavy (non-hydrogen) atoms. The van der Waals surface area contributed by atoms with Crippen LogP contribution in [0.2, 0.25) is 0 Å². The normalized spacial score (nSPS) is 19.0. The van der Waals surface area contributed by atoms with E-state index in [0.29, 0.717) is 18.3 Å². The summed E-state index contributed by atoms with van der Waals surface area (Å²) in [5, 5.41) is 13.5. The molecule has 0 unspecified atom stereocenters. The van der Waals surface area contributed by atoms with E-state index in [2.05, 4.69) is 17.4 Å². The molecule has 0 radical (unpaired) electrons. The van der Waals surface area contributed by atoms with Crippen molar-refractivity contribution in [2.24, 2.45) is 0 Å². The monoisotopic (exact) mass is 287 g/mol. The van der Waals surface area contributed by atoms with E-state index in [1.807, 2.05) is 6.07 Å². The standard InChI is InChI=1S/C17H21NO3/c1-20-15-7-5-12-4-6-14(9-13(12)10-15)18-11-16(19)17-3-2-8-21-17/h2-3,5,7-8,10,14,16,18-19H,4,6,9,11H2,1H3/t14-,16-/m1/s1. The molecule has 3 rings (SSSR count). The molecule has 1 aliphatic carbocycles. The third-order valence-electron chi connectivity index (χ3n) is 4.11. The number of aliphatic hydroxyl groups excluding tert-OH is 1. The highest BCUT2D eigenvalue weighted by atomic mass is 16.5. The van der Waals surface area contributed by atoms with E-state index in [1.165, 1.54) is 11.1 Å². The fourth-order valence-corrected chi connectivity index (χ4v) is 2.89. The van der Waals surface area contributed by atoms with Gasteiger partial charge in [0.1, 0.15) is 17.6 Å². The highest BCUT2D eigenvalue weighted by Gasteiger charge is 2.20. The molecule has 0 aliphatic heterocycles. The fourth-order valence-electron chi connectivity index (χ4n) is 2.89. The first-order valence-corrected chi connectivity index (χ1v) is 7.37. The van der Waals surface area contributed by atoms with Crippen molar-refractivity contribution in [3.05, 3.63) is 53.5 Å². The van der Waals surface area contributed by atoms with Crippen LogP contribution in [0, 0.1) is 0 Å². The highest BCUT2D eigenvalue weighted by Crippen LogP contribution is 2.25. The van der Waals surface area contributed by atoms with Crippen molar-refractivity contribution in [1.29, 1.82) is 0 Å². The molecule has 112 valence electrons. The van der Waals surface area contributed by atoms with Crippen LogP contribution in [0.4, 0.5) is 0 Å². The van der Waals surface area contributed by atoms with Gasteiger partial charge in [-0.25, -0.2) is 0 Å². The molecule has 0 spiro atoms. The second-order valence-corrected chi connectivity index (χ2v) is 5.51. The summed E-state index contributed by atoms with van der Waals surface area (Å²) in [7, 11) is 1.69. The summed E-state index contributed by atoms with van der Waals surface area (Å²) >= 11 is 0. The number of rotatable bonds is 5. The summed E-state index contributed by atoms with van der Waals surface area (Å²) in [5.41, 5.74) is 2.74. The molecule has 1 heterocycles. The van der Waals surface area contributed by atoms with E-state index in [4.69, 9.17) is 9.15 Å². The van der Waals surface area contributed by atoms with Gasteiger partial charge in [-0.3, -0.25) is 0 Å². The lowest BCUT2D eigenvalue weighted by Gasteiger charge is -2.26. The Morgan fingerprint density at radius 1 is 1.38 bits per heavy atom. The van der Waals surface area contributed by atoms with Gasteiger partial charge < -0.3 is 19.6 Å². The molecule has 2 N–H and O–H groups in total. The summed E-state index contributed by atoms with van der Waals surface area (Å²) in [6, 6.07) is 10.3. The zero-order valence-corrected chi connectivity index (χ0v) is 12.2. The third kappa shape index (κ3) is 3.28. The summed E-state index contributed by atoms with van der Waals surface area (Å²) < 4.78 is 10.5. The lowest BCUT2D eigenvalue weighted by Crippen LogP contribution is -2.37. The predicted molar refractivity (Wildman–Crippen MR) is 80.5 cm³/mol. The molecular formula is C17H21NO3. The average Bonchev–Trinajstić information content (AvgIpc) is 3.06. The van der Waals surface area contributed by atoms with E-state index in [9.17, 15) is 5.11 Å². The third-order valence-corrected chi connectivity index (χ3v) is 4.11. The Labute approximate surface area is 124 Å². The van der Waals surface area contributed by atoms with Crippen molar-refractivity contribution >= 4 is 0 Å². The van der Waals surface area contributed by atoms with Crippen molar-refractivity contribution < 1.29 is 14.3 Å². The molecule has 0 bridgehead atoms. The van der Waals surface area contributed by atoms with E-state index in [0.717, 1.165) is 25.0 Å². The molecule has 0 saturated carbocycles. The van der Waals surface area contributed by atoms with Gasteiger partial charge in [0.25, 0.3) is 0 Å². The second-order valence-electron chi connectivity index (χ2n) is 5.51. The minimum atomic E-state index is -0.591. The van der Waals surface area contributed by atoms with Crippen LogP contribution < -0.4 is 10.1 Å². The molecule has 4 nitrogen and oxygen atoms in total. The predicted octanol–water partition coefficient (Wildman–Crippen LogP) is 2.47. The number of hydrogen-bond donors (Lipinski definition) is 2. The molecule has 1 aromatic heterocycles. The first-order valence-electron chi connectivity index (χ1n) is 7.37. The van der Waals surface area contributed by atoms with Gasteiger partial charge in [-0.1, -0.05) is 6.07 Å². The first-order chi connectivity index (χ1) is 10.3. The Morgan fingerprint density at radius 2 is 2.29 bits per heavy atom. The van der Waals surface area contributed by atoms with Gasteiger partial charge in [0.05, 0.1) is 13.4 Å². The van der Waals surface area contributed by atoms with Crippen molar-refractivity contribution in [1.82, 2.24) is 5.32 Å². The van der Waals surface area contributed by atoms with Crippen LogP contribution in [0.3, 0.4) is 0 Å². The van der Waals surface area contributed by atoms with Crippen LogP contribution in [0.5, 0.6) is 5.75 Å². The maximum atomic E-state index is 10.0. The minimum absolute atomic E-state index is 0.384. The van der Waals surface area contributed by atoms with Gasteiger partial charge in [-0.15, -0.1) is 0 Å². The number of benzene rings is 1. The Balaban J connectivity index is 1.58. The maximum absolute atomic E-state index is 10.0. The zero-order chi connectivity index (χ0) is 14.7. The SMILES string of the molecule is COc1ccc2c(c1)C[C@H](NC[C@@H](O)c1ccco1)CC2. The number of aliphatic hydroxyl groups is 1. The van der Waals surface area contributed by atoms with E-state index in [1.54, 1.807) is 25.5 Å². The Hall–Kier alpha value is -1.78. The van der Waals surface area contributed by atoms with E-state index < -0.39 is 6.10 Å². The molecule has 4 heteroatoms. The number of hydrogen-bond acceptors (Lipinski definition) is 4. The van der Waals surface area contributed by atoms with Crippen LogP contribution in [0.1, 0.15) is 29.4 Å². The minimum Gasteiger partial charge on any atom is -0.497 e. The number of furan rings is 1. The van der Waals surface area contributed by atoms with Crippen LogP contribution >= 0.6 is 0 Å². The van der Waals surface area contributed by atoms with Gasteiger partial charge in [-0.2, -0.15) is 0 Å². The molecular weight excluding hydrogens is 266 g/mol. The Kier molecular flexibility index (Phi) is 4.27. The fraction of sp³-hybridized carbons (Fsp3) is 0.412. The largest absolute Gasteiger partial charge is 0.497 e. The molecule has 2 atom stereocenters. The maximum Gasteiger partial charge on any atom is 0.133 e. The lowest BCUT2D eigenvalue weighted by atomic mass is 9.88. The summed E-state index contributed by atoms with van der Waals surface area (Å²) in [6.45, 7) is 0.511. The van der Waals surface area contributed by atoms with Gasteiger partial charge in [0.15, 0.2) is 0 Å². The molecule has 1 aromatic carbocycles. The first kappa shape index (κ1) is 14.2. The molecule has 0 fully saturated rings. The highest BCUT2D eigenvalue weighted by molar-refractivity contribution is 5.37. The van der Waals surface area contributed by atoms with Crippen LogP contribution in [-0.4, -0.2) is 24.8 Å². The molecule has 2 aromatic rings. The number of fused-ring (bicyclic) bond motifs is 1. The van der Waals surface area contributed by atoms with Crippen molar-refractivity contribution in [3.63, 3.8) is 0 Å². The molecule has 0 amide bonds.